The summed E-state index contributed by atoms with van der Waals surface area (Å²) in [6.45, 7) is 0.363. The molecule has 0 radical (unpaired) electrons. The lowest BCUT2D eigenvalue weighted by atomic mass is 10.0. The van der Waals surface area contributed by atoms with Gasteiger partial charge in [-0.1, -0.05) is 29.3 Å². The SMILES string of the molecule is CS(=O)(=O)N1CCCc2ccc(NS(=O)(=O)c3cc(Cl)ccc3Cl)cc21. The first-order valence-corrected chi connectivity index (χ1v) is 11.8. The van der Waals surface area contributed by atoms with Gasteiger partial charge in [0, 0.05) is 11.6 Å². The molecule has 1 aliphatic heterocycles. The Balaban J connectivity index is 2.00. The number of nitrogens with one attached hydrogen (secondary N) is 1. The number of halogens is 2. The summed E-state index contributed by atoms with van der Waals surface area (Å²) in [6, 6.07) is 8.99. The number of nitrogens with zero attached hydrogens (tertiary/aromatic N) is 1. The smallest absolute Gasteiger partial charge is 0.263 e. The summed E-state index contributed by atoms with van der Waals surface area (Å²) in [5, 5.41) is 0.279. The van der Waals surface area contributed by atoms with E-state index >= 15 is 0 Å². The fraction of sp³-hybridized carbons (Fsp3) is 0.250. The number of benzene rings is 2. The van der Waals surface area contributed by atoms with Crippen LogP contribution in [0.3, 0.4) is 0 Å². The van der Waals surface area contributed by atoms with Gasteiger partial charge in [0.15, 0.2) is 0 Å². The van der Waals surface area contributed by atoms with Crippen LogP contribution < -0.4 is 9.03 Å². The third-order valence-electron chi connectivity index (χ3n) is 4.00. The molecular formula is C16H16Cl2N2O4S2. The van der Waals surface area contributed by atoms with E-state index in [-0.39, 0.29) is 20.6 Å². The minimum Gasteiger partial charge on any atom is -0.280 e. The van der Waals surface area contributed by atoms with E-state index in [1.54, 1.807) is 12.1 Å². The monoisotopic (exact) mass is 434 g/mol. The molecule has 0 atom stereocenters. The first-order valence-electron chi connectivity index (χ1n) is 7.66. The zero-order valence-electron chi connectivity index (χ0n) is 13.7. The van der Waals surface area contributed by atoms with E-state index in [9.17, 15) is 16.8 Å². The molecule has 2 aromatic rings. The Morgan fingerprint density at radius 1 is 1.04 bits per heavy atom. The molecule has 3 rings (SSSR count). The quantitative estimate of drug-likeness (QED) is 0.797. The van der Waals surface area contributed by atoms with Gasteiger partial charge in [-0.25, -0.2) is 16.8 Å². The molecule has 10 heteroatoms. The first kappa shape index (κ1) is 19.3. The van der Waals surface area contributed by atoms with Crippen LogP contribution in [0.5, 0.6) is 0 Å². The van der Waals surface area contributed by atoms with Gasteiger partial charge in [0.05, 0.1) is 22.7 Å². The highest BCUT2D eigenvalue weighted by molar-refractivity contribution is 7.93. The fourth-order valence-electron chi connectivity index (χ4n) is 2.84. The van der Waals surface area contributed by atoms with Crippen molar-refractivity contribution in [3.05, 3.63) is 52.0 Å². The molecule has 0 amide bonds. The van der Waals surface area contributed by atoms with Crippen LogP contribution in [-0.4, -0.2) is 29.6 Å². The predicted octanol–water partition coefficient (Wildman–Crippen LogP) is 3.51. The average molecular weight is 435 g/mol. The number of rotatable bonds is 4. The van der Waals surface area contributed by atoms with E-state index in [2.05, 4.69) is 4.72 Å². The topological polar surface area (TPSA) is 83.6 Å². The standard InChI is InChI=1S/C16H16Cl2N2O4S2/c1-25(21,22)20-8-2-3-11-4-6-13(10-15(11)20)19-26(23,24)16-9-12(17)5-7-14(16)18/h4-7,9-10,19H,2-3,8H2,1H3. The maximum absolute atomic E-state index is 12.6. The highest BCUT2D eigenvalue weighted by Gasteiger charge is 2.25. The second-order valence-corrected chi connectivity index (χ2v) is 10.4. The Hall–Kier alpha value is -1.48. The number of sulfonamides is 2. The zero-order chi connectivity index (χ0) is 19.1. The molecule has 0 aliphatic carbocycles. The van der Waals surface area contributed by atoms with Crippen molar-refractivity contribution in [1.29, 1.82) is 0 Å². The van der Waals surface area contributed by atoms with Crippen LogP contribution in [-0.2, 0) is 26.5 Å². The Morgan fingerprint density at radius 2 is 1.77 bits per heavy atom. The molecule has 0 aromatic heterocycles. The second-order valence-electron chi connectivity index (χ2n) is 5.96. The van der Waals surface area contributed by atoms with Gasteiger partial charge in [-0.3, -0.25) is 9.03 Å². The molecule has 26 heavy (non-hydrogen) atoms. The molecule has 0 spiro atoms. The van der Waals surface area contributed by atoms with Crippen molar-refractivity contribution >= 4 is 54.6 Å². The third kappa shape index (κ3) is 3.93. The Morgan fingerprint density at radius 3 is 2.46 bits per heavy atom. The van der Waals surface area contributed by atoms with E-state index in [0.29, 0.717) is 18.7 Å². The van der Waals surface area contributed by atoms with Crippen molar-refractivity contribution in [2.45, 2.75) is 17.7 Å². The Bertz CT molecular complexity index is 1070. The molecule has 1 heterocycles. The van der Waals surface area contributed by atoms with Crippen LogP contribution in [0.15, 0.2) is 41.3 Å². The van der Waals surface area contributed by atoms with Gasteiger partial charge in [0.1, 0.15) is 4.90 Å². The highest BCUT2D eigenvalue weighted by Crippen LogP contribution is 2.33. The molecule has 1 aliphatic rings. The van der Waals surface area contributed by atoms with Gasteiger partial charge in [0.2, 0.25) is 10.0 Å². The molecule has 0 saturated carbocycles. The van der Waals surface area contributed by atoms with Gasteiger partial charge in [-0.05, 0) is 48.7 Å². The summed E-state index contributed by atoms with van der Waals surface area (Å²) >= 11 is 11.8. The van der Waals surface area contributed by atoms with Crippen LogP contribution in [0.4, 0.5) is 11.4 Å². The summed E-state index contributed by atoms with van der Waals surface area (Å²) in [7, 11) is -7.43. The molecule has 6 nitrogen and oxygen atoms in total. The maximum atomic E-state index is 12.6. The molecule has 2 aromatic carbocycles. The van der Waals surface area contributed by atoms with E-state index in [1.807, 2.05) is 0 Å². The van der Waals surface area contributed by atoms with Gasteiger partial charge in [-0.15, -0.1) is 0 Å². The summed E-state index contributed by atoms with van der Waals surface area (Å²) in [5.41, 5.74) is 1.58. The average Bonchev–Trinajstić information content (AvgIpc) is 2.55. The number of hydrogen-bond donors (Lipinski definition) is 1. The minimum atomic E-state index is -3.98. The van der Waals surface area contributed by atoms with Crippen LogP contribution >= 0.6 is 23.2 Å². The molecule has 0 unspecified atom stereocenters. The first-order chi connectivity index (χ1) is 12.1. The van der Waals surface area contributed by atoms with Crippen molar-refractivity contribution in [2.75, 3.05) is 21.8 Å². The third-order valence-corrected chi connectivity index (χ3v) is 7.27. The van der Waals surface area contributed by atoms with Crippen LogP contribution in [0.1, 0.15) is 12.0 Å². The molecule has 0 fully saturated rings. The number of fused-ring (bicyclic) bond motifs is 1. The van der Waals surface area contributed by atoms with Gasteiger partial charge < -0.3 is 0 Å². The number of anilines is 2. The summed E-state index contributed by atoms with van der Waals surface area (Å²) in [5.74, 6) is 0. The predicted molar refractivity (Wildman–Crippen MR) is 104 cm³/mol. The fourth-order valence-corrected chi connectivity index (χ4v) is 5.64. The van der Waals surface area contributed by atoms with Crippen molar-refractivity contribution < 1.29 is 16.8 Å². The van der Waals surface area contributed by atoms with E-state index < -0.39 is 20.0 Å². The van der Waals surface area contributed by atoms with Crippen molar-refractivity contribution in [3.8, 4) is 0 Å². The minimum absolute atomic E-state index is 0.0395. The van der Waals surface area contributed by atoms with Gasteiger partial charge in [0.25, 0.3) is 10.0 Å². The second kappa shape index (κ2) is 6.92. The highest BCUT2D eigenvalue weighted by atomic mass is 35.5. The largest absolute Gasteiger partial charge is 0.280 e. The lowest BCUT2D eigenvalue weighted by Gasteiger charge is -2.29. The van der Waals surface area contributed by atoms with Crippen LogP contribution in [0.25, 0.3) is 0 Å². The summed E-state index contributed by atoms with van der Waals surface area (Å²) in [6.07, 6.45) is 2.57. The van der Waals surface area contributed by atoms with E-state index in [0.717, 1.165) is 18.2 Å². The van der Waals surface area contributed by atoms with Crippen LogP contribution in [0, 0.1) is 0 Å². The van der Waals surface area contributed by atoms with Gasteiger partial charge in [-0.2, -0.15) is 0 Å². The van der Waals surface area contributed by atoms with Crippen LogP contribution in [0.2, 0.25) is 10.0 Å². The lowest BCUT2D eigenvalue weighted by molar-refractivity contribution is 0.592. The summed E-state index contributed by atoms with van der Waals surface area (Å²) in [4.78, 5) is -0.149. The number of hydrogen-bond acceptors (Lipinski definition) is 4. The van der Waals surface area contributed by atoms with E-state index in [4.69, 9.17) is 23.2 Å². The Kier molecular flexibility index (Phi) is 5.13. The number of aryl methyl sites for hydroxylation is 1. The zero-order valence-corrected chi connectivity index (χ0v) is 16.9. The van der Waals surface area contributed by atoms with E-state index in [1.165, 1.54) is 28.6 Å². The molecule has 140 valence electrons. The van der Waals surface area contributed by atoms with Gasteiger partial charge >= 0.3 is 0 Å². The van der Waals surface area contributed by atoms with Crippen molar-refractivity contribution in [1.82, 2.24) is 0 Å². The maximum Gasteiger partial charge on any atom is 0.263 e. The van der Waals surface area contributed by atoms with Crippen molar-refractivity contribution in [3.63, 3.8) is 0 Å². The summed E-state index contributed by atoms with van der Waals surface area (Å²) < 4.78 is 53.0. The lowest BCUT2D eigenvalue weighted by Crippen LogP contribution is -2.34. The normalized spacial score (nSPS) is 14.8. The Labute approximate surface area is 162 Å². The molecular weight excluding hydrogens is 419 g/mol. The molecule has 0 bridgehead atoms. The molecule has 1 N–H and O–H groups in total. The van der Waals surface area contributed by atoms with Crippen molar-refractivity contribution in [2.24, 2.45) is 0 Å². The molecule has 0 saturated heterocycles.